The highest BCUT2D eigenvalue weighted by molar-refractivity contribution is 5.78. The molecule has 0 saturated carbocycles. The van der Waals surface area contributed by atoms with Gasteiger partial charge in [-0.3, -0.25) is 4.79 Å². The van der Waals surface area contributed by atoms with Crippen LogP contribution in [-0.2, 0) is 4.79 Å². The largest absolute Gasteiger partial charge is 0.386 e. The lowest BCUT2D eigenvalue weighted by Crippen LogP contribution is -2.42. The Hall–Kier alpha value is -1.39. The predicted molar refractivity (Wildman–Crippen MR) is 62.7 cm³/mol. The molecule has 1 aromatic rings. The number of amides is 1. The topological polar surface area (TPSA) is 66.6 Å². The number of nitrogens with two attached hydrogens (primary N) is 1. The lowest BCUT2D eigenvalue weighted by atomic mass is 10.0. The quantitative estimate of drug-likeness (QED) is 0.790. The summed E-state index contributed by atoms with van der Waals surface area (Å²) in [6.07, 6.45) is -1.69. The second kappa shape index (κ2) is 5.63. The molecule has 16 heavy (non-hydrogen) atoms. The number of aliphatic hydroxyl groups excluding tert-OH is 1. The molecule has 4 heteroatoms. The van der Waals surface area contributed by atoms with Crippen LogP contribution in [0.5, 0.6) is 0 Å². The molecular formula is C12H18N2O2. The summed E-state index contributed by atoms with van der Waals surface area (Å²) in [6, 6.07) is 5.77. The van der Waals surface area contributed by atoms with Gasteiger partial charge in [-0.1, -0.05) is 30.3 Å². The van der Waals surface area contributed by atoms with Gasteiger partial charge in [0.05, 0.1) is 18.7 Å². The van der Waals surface area contributed by atoms with E-state index in [1.807, 2.05) is 0 Å². The fourth-order valence-corrected chi connectivity index (χ4v) is 1.23. The predicted octanol–water partition coefficient (Wildman–Crippen LogP) is 0.526. The van der Waals surface area contributed by atoms with Gasteiger partial charge < -0.3 is 15.7 Å². The summed E-state index contributed by atoms with van der Waals surface area (Å²) < 4.78 is 44.8. The zero-order valence-electron chi connectivity index (χ0n) is 14.6. The molecule has 0 heterocycles. The first-order chi connectivity index (χ1) is 10.00. The summed E-state index contributed by atoms with van der Waals surface area (Å²) in [7, 11) is 0. The Balaban J connectivity index is 3.36. The normalized spacial score (nSPS) is 21.4. The second-order valence-corrected chi connectivity index (χ2v) is 3.27. The van der Waals surface area contributed by atoms with Gasteiger partial charge in [-0.15, -0.1) is 0 Å². The first kappa shape index (κ1) is 6.37. The average molecular weight is 228 g/mol. The van der Waals surface area contributed by atoms with Crippen LogP contribution >= 0.6 is 0 Å². The molecule has 0 aliphatic carbocycles. The van der Waals surface area contributed by atoms with Crippen LogP contribution in [0.2, 0.25) is 0 Å². The third-order valence-electron chi connectivity index (χ3n) is 2.16. The van der Waals surface area contributed by atoms with Crippen LogP contribution < -0.4 is 5.73 Å². The number of carbonyl (C=O) groups excluding carboxylic acids is 1. The number of likely N-dealkylation sites (N-methyl/N-ethyl adjacent to an activating group) is 1. The summed E-state index contributed by atoms with van der Waals surface area (Å²) in [6.45, 7) is -6.62. The van der Waals surface area contributed by atoms with E-state index in [9.17, 15) is 9.90 Å². The third kappa shape index (κ3) is 2.81. The molecule has 0 aromatic heterocycles. The molecule has 1 rings (SSSR count). The standard InChI is InChI=1S/C12H18N2O2/c1-9(14(2)11(15)8-13)12(16)10-6-4-3-5-7-10/h3-7,9,12,16H,8,13H2,1-2H3/t9-,12+/m0/s1/i1D3,2D3. The molecule has 0 aliphatic rings. The Bertz CT molecular complexity index is 503. The van der Waals surface area contributed by atoms with E-state index in [1.165, 1.54) is 12.1 Å². The van der Waals surface area contributed by atoms with Crippen molar-refractivity contribution in [3.05, 3.63) is 35.9 Å². The van der Waals surface area contributed by atoms with Crippen molar-refractivity contribution in [2.75, 3.05) is 13.5 Å². The molecular weight excluding hydrogens is 204 g/mol. The number of benzene rings is 1. The van der Waals surface area contributed by atoms with Crippen LogP contribution in [0, 0.1) is 0 Å². The molecule has 4 nitrogen and oxygen atoms in total. The molecule has 0 spiro atoms. The van der Waals surface area contributed by atoms with Crippen LogP contribution in [0.3, 0.4) is 0 Å². The van der Waals surface area contributed by atoms with E-state index < -0.39 is 38.4 Å². The van der Waals surface area contributed by atoms with Crippen molar-refractivity contribution < 1.29 is 18.1 Å². The van der Waals surface area contributed by atoms with E-state index in [4.69, 9.17) is 14.0 Å². The minimum Gasteiger partial charge on any atom is -0.386 e. The maximum atomic E-state index is 11.9. The zero-order chi connectivity index (χ0) is 17.1. The van der Waals surface area contributed by atoms with Crippen molar-refractivity contribution in [2.45, 2.75) is 19.0 Å². The lowest BCUT2D eigenvalue weighted by molar-refractivity contribution is -0.132. The van der Waals surface area contributed by atoms with Gasteiger partial charge in [-0.25, -0.2) is 0 Å². The van der Waals surface area contributed by atoms with Crippen LogP contribution in [-0.4, -0.2) is 35.5 Å². The van der Waals surface area contributed by atoms with Gasteiger partial charge in [0.1, 0.15) is 0 Å². The Morgan fingerprint density at radius 1 is 1.56 bits per heavy atom. The molecule has 0 fully saturated rings. The number of hydrogen-bond donors (Lipinski definition) is 2. The number of rotatable bonds is 4. The summed E-state index contributed by atoms with van der Waals surface area (Å²) in [5.41, 5.74) is 5.38. The van der Waals surface area contributed by atoms with Crippen molar-refractivity contribution in [3.63, 3.8) is 0 Å². The van der Waals surface area contributed by atoms with Crippen molar-refractivity contribution in [3.8, 4) is 0 Å². The smallest absolute Gasteiger partial charge is 0.236 e. The van der Waals surface area contributed by atoms with E-state index in [0.717, 1.165) is 0 Å². The highest BCUT2D eigenvalue weighted by atomic mass is 16.3. The maximum Gasteiger partial charge on any atom is 0.236 e. The van der Waals surface area contributed by atoms with Gasteiger partial charge in [0, 0.05) is 15.2 Å². The summed E-state index contributed by atoms with van der Waals surface area (Å²) in [5, 5.41) is 10.3. The van der Waals surface area contributed by atoms with Crippen molar-refractivity contribution >= 4 is 5.91 Å². The number of nitrogens with zero attached hydrogens (tertiary/aromatic N) is 1. The van der Waals surface area contributed by atoms with Gasteiger partial charge in [-0.05, 0) is 12.4 Å². The van der Waals surface area contributed by atoms with Crippen molar-refractivity contribution in [1.29, 1.82) is 0 Å². The lowest BCUT2D eigenvalue weighted by Gasteiger charge is -2.28. The fraction of sp³-hybridized carbons (Fsp3) is 0.417. The monoisotopic (exact) mass is 228 g/mol. The van der Waals surface area contributed by atoms with Gasteiger partial charge in [0.2, 0.25) is 5.91 Å². The molecule has 1 aromatic carbocycles. The summed E-state index contributed by atoms with van der Waals surface area (Å²) >= 11 is 0. The Kier molecular flexibility index (Phi) is 2.24. The molecule has 0 saturated heterocycles. The van der Waals surface area contributed by atoms with Gasteiger partial charge in [0.15, 0.2) is 0 Å². The first-order valence-electron chi connectivity index (χ1n) is 7.75. The van der Waals surface area contributed by atoms with E-state index >= 15 is 0 Å². The molecule has 0 aliphatic heterocycles. The highest BCUT2D eigenvalue weighted by Gasteiger charge is 2.22. The Labute approximate surface area is 104 Å². The molecule has 1 amide bonds. The van der Waals surface area contributed by atoms with Crippen molar-refractivity contribution in [1.82, 2.24) is 4.90 Å². The first-order valence-corrected chi connectivity index (χ1v) is 4.75. The van der Waals surface area contributed by atoms with Crippen LogP contribution in [0.1, 0.15) is 26.7 Å². The zero-order valence-corrected chi connectivity index (χ0v) is 8.63. The maximum absolute atomic E-state index is 11.9. The van der Waals surface area contributed by atoms with Gasteiger partial charge >= 0.3 is 0 Å². The molecule has 0 bridgehead atoms. The van der Waals surface area contributed by atoms with Gasteiger partial charge in [-0.2, -0.15) is 0 Å². The van der Waals surface area contributed by atoms with Crippen LogP contribution in [0.4, 0.5) is 0 Å². The van der Waals surface area contributed by atoms with E-state index in [2.05, 4.69) is 0 Å². The molecule has 2 atom stereocenters. The second-order valence-electron chi connectivity index (χ2n) is 3.27. The third-order valence-corrected chi connectivity index (χ3v) is 2.16. The van der Waals surface area contributed by atoms with E-state index in [1.54, 1.807) is 18.2 Å². The number of hydrogen-bond acceptors (Lipinski definition) is 3. The summed E-state index contributed by atoms with van der Waals surface area (Å²) in [5.74, 6) is -1.07. The molecule has 0 radical (unpaired) electrons. The van der Waals surface area contributed by atoms with Crippen LogP contribution in [0.15, 0.2) is 30.3 Å². The SMILES string of the molecule is [2H]C([2H])([2H])[C@@H]([C@@H](O)c1ccccc1)N(C(=O)CN)C([2H])([2H])[2H]. The molecule has 0 unspecified atom stereocenters. The Morgan fingerprint density at radius 3 is 2.75 bits per heavy atom. The Morgan fingerprint density at radius 2 is 2.25 bits per heavy atom. The average Bonchev–Trinajstić information content (AvgIpc) is 2.41. The molecule has 3 N–H and O–H groups in total. The number of aliphatic hydroxyl groups is 1. The van der Waals surface area contributed by atoms with Crippen LogP contribution in [0.25, 0.3) is 0 Å². The van der Waals surface area contributed by atoms with Gasteiger partial charge in [0.25, 0.3) is 0 Å². The van der Waals surface area contributed by atoms with E-state index in [0.29, 0.717) is 0 Å². The minimum absolute atomic E-state index is 0.178. The van der Waals surface area contributed by atoms with Crippen molar-refractivity contribution in [2.24, 2.45) is 5.73 Å². The van der Waals surface area contributed by atoms with E-state index in [-0.39, 0.29) is 10.5 Å². The fourth-order valence-electron chi connectivity index (χ4n) is 1.23. The minimum atomic E-state index is -3.04. The highest BCUT2D eigenvalue weighted by Crippen LogP contribution is 2.19. The summed E-state index contributed by atoms with van der Waals surface area (Å²) in [4.78, 5) is 12.0. The number of carbonyl (C=O) groups is 1. The molecule has 88 valence electrons.